The van der Waals surface area contributed by atoms with Crippen LogP contribution in [0.3, 0.4) is 0 Å². The van der Waals surface area contributed by atoms with Gasteiger partial charge < -0.3 is 5.32 Å². The van der Waals surface area contributed by atoms with Crippen LogP contribution >= 0.6 is 0 Å². The van der Waals surface area contributed by atoms with Gasteiger partial charge >= 0.3 is 0 Å². The molecule has 0 spiro atoms. The third kappa shape index (κ3) is 1.52. The Morgan fingerprint density at radius 2 is 2.17 bits per heavy atom. The zero-order valence-electron chi connectivity index (χ0n) is 7.71. The number of rotatable bonds is 1. The minimum atomic E-state index is 0.659. The summed E-state index contributed by atoms with van der Waals surface area (Å²) in [4.78, 5) is 7.01. The van der Waals surface area contributed by atoms with Gasteiger partial charge in [-0.15, -0.1) is 0 Å². The van der Waals surface area contributed by atoms with Gasteiger partial charge in [-0.05, 0) is 13.3 Å². The number of nitrogens with one attached hydrogen (secondary N) is 1. The van der Waals surface area contributed by atoms with Crippen LogP contribution in [0.2, 0.25) is 0 Å². The summed E-state index contributed by atoms with van der Waals surface area (Å²) in [6.45, 7) is 7.88. The molecular weight excluding hydrogens is 150 g/mol. The number of nitrogens with zero attached hydrogens (tertiary/aromatic N) is 2. The van der Waals surface area contributed by atoms with E-state index < -0.39 is 0 Å². The van der Waals surface area contributed by atoms with Crippen LogP contribution in [0.4, 0.5) is 0 Å². The maximum Gasteiger partial charge on any atom is 0.0492 e. The molecule has 0 aromatic carbocycles. The summed E-state index contributed by atoms with van der Waals surface area (Å²) in [7, 11) is 0. The van der Waals surface area contributed by atoms with Gasteiger partial charge in [0, 0.05) is 44.5 Å². The van der Waals surface area contributed by atoms with E-state index in [4.69, 9.17) is 0 Å². The average Bonchev–Trinajstić information content (AvgIpc) is 2.53. The molecule has 0 aromatic rings. The molecule has 2 rings (SSSR count). The van der Waals surface area contributed by atoms with Gasteiger partial charge in [0.2, 0.25) is 0 Å². The molecule has 68 valence electrons. The number of hydrogen-bond acceptors (Lipinski definition) is 3. The molecule has 0 radical (unpaired) electrons. The summed E-state index contributed by atoms with van der Waals surface area (Å²) >= 11 is 0. The maximum absolute atomic E-state index is 4.45. The number of hydrogen-bond donors (Lipinski definition) is 1. The van der Waals surface area contributed by atoms with Gasteiger partial charge in [-0.2, -0.15) is 0 Å². The topological polar surface area (TPSA) is 27.6 Å². The van der Waals surface area contributed by atoms with Crippen LogP contribution in [0.25, 0.3) is 0 Å². The van der Waals surface area contributed by atoms with Crippen LogP contribution in [0, 0.1) is 0 Å². The highest BCUT2D eigenvalue weighted by molar-refractivity contribution is 5.88. The third-order valence-corrected chi connectivity index (χ3v) is 2.84. The van der Waals surface area contributed by atoms with Crippen molar-refractivity contribution >= 4 is 5.71 Å². The van der Waals surface area contributed by atoms with Crippen molar-refractivity contribution in [3.8, 4) is 0 Å². The van der Waals surface area contributed by atoms with Crippen molar-refractivity contribution in [2.75, 3.05) is 32.7 Å². The van der Waals surface area contributed by atoms with E-state index in [9.17, 15) is 0 Å². The highest BCUT2D eigenvalue weighted by Crippen LogP contribution is 2.13. The quantitative estimate of drug-likeness (QED) is 0.601. The van der Waals surface area contributed by atoms with Crippen molar-refractivity contribution in [1.29, 1.82) is 0 Å². The van der Waals surface area contributed by atoms with E-state index in [0.717, 1.165) is 19.6 Å². The van der Waals surface area contributed by atoms with E-state index in [1.54, 1.807) is 0 Å². The molecule has 2 heterocycles. The first-order valence-corrected chi connectivity index (χ1v) is 4.83. The smallest absolute Gasteiger partial charge is 0.0492 e. The van der Waals surface area contributed by atoms with Gasteiger partial charge in [0.05, 0.1) is 0 Å². The molecule has 1 saturated heterocycles. The monoisotopic (exact) mass is 167 g/mol. The SMILES string of the molecule is CC1=NCCC1N1CCNCC1. The zero-order chi connectivity index (χ0) is 8.39. The van der Waals surface area contributed by atoms with Gasteiger partial charge in [0.1, 0.15) is 0 Å². The van der Waals surface area contributed by atoms with Crippen molar-refractivity contribution in [1.82, 2.24) is 10.2 Å². The predicted octanol–water partition coefficient (Wildman–Crippen LogP) is 0.125. The van der Waals surface area contributed by atoms with Crippen LogP contribution < -0.4 is 5.32 Å². The van der Waals surface area contributed by atoms with E-state index >= 15 is 0 Å². The summed E-state index contributed by atoms with van der Waals surface area (Å²) in [6, 6.07) is 0.659. The van der Waals surface area contributed by atoms with Gasteiger partial charge in [-0.3, -0.25) is 9.89 Å². The molecule has 0 aliphatic carbocycles. The normalized spacial score (nSPS) is 32.1. The molecule has 3 nitrogen and oxygen atoms in total. The second kappa shape index (κ2) is 3.54. The molecule has 0 aromatic heterocycles. The lowest BCUT2D eigenvalue weighted by Gasteiger charge is -2.32. The third-order valence-electron chi connectivity index (χ3n) is 2.84. The van der Waals surface area contributed by atoms with Crippen molar-refractivity contribution < 1.29 is 0 Å². The Kier molecular flexibility index (Phi) is 2.42. The molecule has 0 saturated carbocycles. The summed E-state index contributed by atoms with van der Waals surface area (Å²) in [6.07, 6.45) is 1.24. The molecule has 1 fully saturated rings. The van der Waals surface area contributed by atoms with Crippen molar-refractivity contribution in [2.24, 2.45) is 4.99 Å². The van der Waals surface area contributed by atoms with Gasteiger partial charge in [0.15, 0.2) is 0 Å². The van der Waals surface area contributed by atoms with E-state index in [0.29, 0.717) is 6.04 Å². The molecule has 12 heavy (non-hydrogen) atoms. The fourth-order valence-corrected chi connectivity index (χ4v) is 2.12. The zero-order valence-corrected chi connectivity index (χ0v) is 7.71. The highest BCUT2D eigenvalue weighted by Gasteiger charge is 2.25. The average molecular weight is 167 g/mol. The Balaban J connectivity index is 1.94. The van der Waals surface area contributed by atoms with Crippen LogP contribution in [-0.2, 0) is 0 Å². The maximum atomic E-state index is 4.45. The molecule has 1 atom stereocenters. The molecule has 1 unspecified atom stereocenters. The van der Waals surface area contributed by atoms with E-state index in [2.05, 4.69) is 22.1 Å². The van der Waals surface area contributed by atoms with E-state index in [1.807, 2.05) is 0 Å². The summed E-state index contributed by atoms with van der Waals surface area (Å²) < 4.78 is 0. The fraction of sp³-hybridized carbons (Fsp3) is 0.889. The van der Waals surface area contributed by atoms with Gasteiger partial charge in [0.25, 0.3) is 0 Å². The molecular formula is C9H17N3. The Labute approximate surface area is 73.9 Å². The largest absolute Gasteiger partial charge is 0.314 e. The first-order chi connectivity index (χ1) is 5.88. The summed E-state index contributed by atoms with van der Waals surface area (Å²) in [5, 5.41) is 3.37. The van der Waals surface area contributed by atoms with E-state index in [-0.39, 0.29) is 0 Å². The van der Waals surface area contributed by atoms with Gasteiger partial charge in [-0.1, -0.05) is 0 Å². The highest BCUT2D eigenvalue weighted by atomic mass is 15.2. The first kappa shape index (κ1) is 8.20. The Hall–Kier alpha value is -0.410. The second-order valence-corrected chi connectivity index (χ2v) is 3.61. The van der Waals surface area contributed by atoms with Crippen molar-refractivity contribution in [2.45, 2.75) is 19.4 Å². The fourth-order valence-electron chi connectivity index (χ4n) is 2.12. The van der Waals surface area contributed by atoms with E-state index in [1.165, 1.54) is 25.2 Å². The summed E-state index contributed by atoms with van der Waals surface area (Å²) in [5.74, 6) is 0. The van der Waals surface area contributed by atoms with Gasteiger partial charge in [-0.25, -0.2) is 0 Å². The van der Waals surface area contributed by atoms with Crippen LogP contribution in [0.1, 0.15) is 13.3 Å². The lowest BCUT2D eigenvalue weighted by molar-refractivity contribution is 0.212. The molecule has 2 aliphatic rings. The van der Waals surface area contributed by atoms with Crippen LogP contribution in [0.5, 0.6) is 0 Å². The molecule has 2 aliphatic heterocycles. The molecule has 0 amide bonds. The first-order valence-electron chi connectivity index (χ1n) is 4.83. The standard InChI is InChI=1S/C9H17N3/c1-8-9(2-3-11-8)12-6-4-10-5-7-12/h9-10H,2-7H2,1H3. The van der Waals surface area contributed by atoms with Crippen molar-refractivity contribution in [3.05, 3.63) is 0 Å². The van der Waals surface area contributed by atoms with Crippen molar-refractivity contribution in [3.63, 3.8) is 0 Å². The Morgan fingerprint density at radius 3 is 2.75 bits per heavy atom. The summed E-state index contributed by atoms with van der Waals surface area (Å²) in [5.41, 5.74) is 1.34. The lowest BCUT2D eigenvalue weighted by Crippen LogP contribution is -2.49. The minimum absolute atomic E-state index is 0.659. The number of piperazine rings is 1. The second-order valence-electron chi connectivity index (χ2n) is 3.61. The Morgan fingerprint density at radius 1 is 1.42 bits per heavy atom. The predicted molar refractivity (Wildman–Crippen MR) is 50.8 cm³/mol. The molecule has 3 heteroatoms. The van der Waals surface area contributed by atoms with Crippen LogP contribution in [0.15, 0.2) is 4.99 Å². The Bertz CT molecular complexity index is 182. The van der Waals surface area contributed by atoms with Crippen LogP contribution in [-0.4, -0.2) is 49.4 Å². The molecule has 1 N–H and O–H groups in total. The number of aliphatic imine (C=N–C) groups is 1. The molecule has 0 bridgehead atoms. The minimum Gasteiger partial charge on any atom is -0.314 e. The lowest BCUT2D eigenvalue weighted by atomic mass is 10.1.